The van der Waals surface area contributed by atoms with Crippen molar-refractivity contribution in [2.45, 2.75) is 45.4 Å². The zero-order chi connectivity index (χ0) is 15.5. The normalized spacial score (nSPS) is 14.6. The van der Waals surface area contributed by atoms with Crippen molar-refractivity contribution in [1.82, 2.24) is 10.4 Å². The van der Waals surface area contributed by atoms with Gasteiger partial charge in [-0.1, -0.05) is 0 Å². The molecule has 1 heterocycles. The summed E-state index contributed by atoms with van der Waals surface area (Å²) in [5.74, 6) is -0.863. The zero-order valence-corrected chi connectivity index (χ0v) is 12.6. The molecule has 0 radical (unpaired) electrons. The maximum atomic E-state index is 11.9. The van der Waals surface area contributed by atoms with Crippen molar-refractivity contribution in [2.24, 2.45) is 0 Å². The molecule has 0 aromatic rings. The van der Waals surface area contributed by atoms with Gasteiger partial charge in [-0.3, -0.25) is 14.4 Å². The zero-order valence-electron chi connectivity index (χ0n) is 12.6. The van der Waals surface area contributed by atoms with Crippen LogP contribution in [0, 0.1) is 0 Å². The molecule has 21 heavy (non-hydrogen) atoms. The van der Waals surface area contributed by atoms with Gasteiger partial charge in [0.1, 0.15) is 6.54 Å². The summed E-state index contributed by atoms with van der Waals surface area (Å²) >= 11 is 0. The number of hydroxylamine groups is 1. The molecule has 0 aromatic carbocycles. The van der Waals surface area contributed by atoms with E-state index < -0.39 is 11.9 Å². The van der Waals surface area contributed by atoms with Crippen LogP contribution in [-0.4, -0.2) is 49.0 Å². The summed E-state index contributed by atoms with van der Waals surface area (Å²) in [6.07, 6.45) is 4.26. The number of nitrogens with one attached hydrogen (secondary N) is 1. The number of carbonyl (C=O) groups is 3. The lowest BCUT2D eigenvalue weighted by atomic mass is 10.1. The van der Waals surface area contributed by atoms with Crippen LogP contribution in [0.15, 0.2) is 0 Å². The number of hydrogen-bond acceptors (Lipinski definition) is 6. The van der Waals surface area contributed by atoms with Crippen molar-refractivity contribution in [2.75, 3.05) is 26.2 Å². The third kappa shape index (κ3) is 7.65. The van der Waals surface area contributed by atoms with E-state index in [0.717, 1.165) is 25.9 Å². The van der Waals surface area contributed by atoms with Crippen molar-refractivity contribution >= 4 is 17.8 Å². The highest BCUT2D eigenvalue weighted by molar-refractivity contribution is 5.77. The second kappa shape index (κ2) is 10.1. The lowest BCUT2D eigenvalue weighted by Crippen LogP contribution is -2.35. The highest BCUT2D eigenvalue weighted by Crippen LogP contribution is 2.11. The van der Waals surface area contributed by atoms with Gasteiger partial charge in [0.15, 0.2) is 0 Å². The number of amides is 1. The second-order valence-electron chi connectivity index (χ2n) is 4.90. The summed E-state index contributed by atoms with van der Waals surface area (Å²) in [7, 11) is 0. The van der Waals surface area contributed by atoms with Crippen molar-refractivity contribution in [3.8, 4) is 0 Å². The Bertz CT molecular complexity index is 353. The maximum Gasteiger partial charge on any atom is 0.324 e. The van der Waals surface area contributed by atoms with Gasteiger partial charge in [0, 0.05) is 25.9 Å². The first kappa shape index (κ1) is 17.4. The number of esters is 1. The summed E-state index contributed by atoms with van der Waals surface area (Å²) in [5, 5.41) is 0. The van der Waals surface area contributed by atoms with Crippen LogP contribution in [0.3, 0.4) is 0 Å². The number of piperidine rings is 1. The van der Waals surface area contributed by atoms with Crippen LogP contribution in [0.2, 0.25) is 0 Å². The molecule has 1 amide bonds. The van der Waals surface area contributed by atoms with Crippen LogP contribution < -0.4 is 5.48 Å². The molecule has 1 fully saturated rings. The van der Waals surface area contributed by atoms with Gasteiger partial charge in [0.2, 0.25) is 5.91 Å². The van der Waals surface area contributed by atoms with Crippen LogP contribution in [0.5, 0.6) is 0 Å². The Hall–Kier alpha value is -1.63. The van der Waals surface area contributed by atoms with Crippen molar-refractivity contribution < 1.29 is 24.0 Å². The summed E-state index contributed by atoms with van der Waals surface area (Å²) in [5.41, 5.74) is 2.25. The molecule has 0 aromatic heterocycles. The van der Waals surface area contributed by atoms with E-state index >= 15 is 0 Å². The van der Waals surface area contributed by atoms with Gasteiger partial charge in [-0.25, -0.2) is 0 Å². The first-order valence-electron chi connectivity index (χ1n) is 7.49. The van der Waals surface area contributed by atoms with E-state index in [1.54, 1.807) is 6.92 Å². The van der Waals surface area contributed by atoms with E-state index in [9.17, 15) is 14.4 Å². The fourth-order valence-electron chi connectivity index (χ4n) is 2.12. The smallest absolute Gasteiger partial charge is 0.324 e. The van der Waals surface area contributed by atoms with Crippen LogP contribution in [0.25, 0.3) is 0 Å². The third-order valence-corrected chi connectivity index (χ3v) is 3.19. The van der Waals surface area contributed by atoms with Crippen LogP contribution in [0.4, 0.5) is 0 Å². The van der Waals surface area contributed by atoms with E-state index in [0.29, 0.717) is 12.8 Å². The molecular formula is C14H24N2O5. The molecule has 1 rings (SSSR count). The molecule has 0 spiro atoms. The molecule has 0 unspecified atom stereocenters. The first-order valence-corrected chi connectivity index (χ1v) is 7.49. The molecule has 1 N–H and O–H groups in total. The fourth-order valence-corrected chi connectivity index (χ4v) is 2.12. The predicted octanol–water partition coefficient (Wildman–Crippen LogP) is 0.780. The standard InChI is InChI=1S/C14H24N2O5/c1-2-20-14(19)11-15-21-13(18)8-6-7-12(17)16-9-4-3-5-10-16/h15H,2-11H2,1H3. The summed E-state index contributed by atoms with van der Waals surface area (Å²) < 4.78 is 4.66. The van der Waals surface area contributed by atoms with Gasteiger partial charge in [-0.05, 0) is 32.6 Å². The van der Waals surface area contributed by atoms with Gasteiger partial charge >= 0.3 is 11.9 Å². The minimum atomic E-state index is -0.481. The number of carbonyl (C=O) groups excluding carboxylic acids is 3. The van der Waals surface area contributed by atoms with E-state index in [1.807, 2.05) is 4.90 Å². The summed E-state index contributed by atoms with van der Waals surface area (Å²) in [6, 6.07) is 0. The molecule has 7 nitrogen and oxygen atoms in total. The van der Waals surface area contributed by atoms with Crippen LogP contribution in [-0.2, 0) is 24.0 Å². The molecular weight excluding hydrogens is 276 g/mol. The van der Waals surface area contributed by atoms with Crippen molar-refractivity contribution in [3.63, 3.8) is 0 Å². The predicted molar refractivity (Wildman–Crippen MR) is 75.0 cm³/mol. The molecule has 1 aliphatic rings. The molecule has 0 bridgehead atoms. The molecule has 0 saturated carbocycles. The van der Waals surface area contributed by atoms with Gasteiger partial charge in [-0.2, -0.15) is 0 Å². The monoisotopic (exact) mass is 300 g/mol. The van der Waals surface area contributed by atoms with Crippen molar-refractivity contribution in [1.29, 1.82) is 0 Å². The Morgan fingerprint density at radius 2 is 1.76 bits per heavy atom. The molecule has 0 aliphatic carbocycles. The Balaban J connectivity index is 2.04. The average Bonchev–Trinajstić information content (AvgIpc) is 2.48. The molecule has 0 atom stereocenters. The Morgan fingerprint density at radius 3 is 2.43 bits per heavy atom. The number of rotatable bonds is 8. The largest absolute Gasteiger partial charge is 0.465 e. The molecule has 1 saturated heterocycles. The van der Waals surface area contributed by atoms with Crippen LogP contribution in [0.1, 0.15) is 45.4 Å². The van der Waals surface area contributed by atoms with E-state index in [4.69, 9.17) is 0 Å². The lowest BCUT2D eigenvalue weighted by molar-refractivity contribution is -0.155. The summed E-state index contributed by atoms with van der Waals surface area (Å²) in [4.78, 5) is 40.7. The van der Waals surface area contributed by atoms with Crippen LogP contribution >= 0.6 is 0 Å². The fraction of sp³-hybridized carbons (Fsp3) is 0.786. The van der Waals surface area contributed by atoms with E-state index in [2.05, 4.69) is 15.1 Å². The topological polar surface area (TPSA) is 84.9 Å². The Kier molecular flexibility index (Phi) is 8.42. The molecule has 120 valence electrons. The average molecular weight is 300 g/mol. The highest BCUT2D eigenvalue weighted by Gasteiger charge is 2.16. The van der Waals surface area contributed by atoms with Gasteiger partial charge in [-0.15, -0.1) is 5.48 Å². The number of ether oxygens (including phenoxy) is 1. The summed E-state index contributed by atoms with van der Waals surface area (Å²) in [6.45, 7) is 3.46. The SMILES string of the molecule is CCOC(=O)CNOC(=O)CCCC(=O)N1CCCCC1. The minimum absolute atomic E-state index is 0.0991. The highest BCUT2D eigenvalue weighted by atomic mass is 16.7. The van der Waals surface area contributed by atoms with E-state index in [-0.39, 0.29) is 25.5 Å². The number of nitrogens with zero attached hydrogens (tertiary/aromatic N) is 1. The second-order valence-corrected chi connectivity index (χ2v) is 4.90. The Labute approximate surface area is 124 Å². The first-order chi connectivity index (χ1) is 10.1. The third-order valence-electron chi connectivity index (χ3n) is 3.19. The van der Waals surface area contributed by atoms with Gasteiger partial charge < -0.3 is 14.5 Å². The molecule has 1 aliphatic heterocycles. The molecule has 7 heteroatoms. The minimum Gasteiger partial charge on any atom is -0.465 e. The van der Waals surface area contributed by atoms with Crippen molar-refractivity contribution in [3.05, 3.63) is 0 Å². The number of likely N-dealkylation sites (tertiary alicyclic amines) is 1. The Morgan fingerprint density at radius 1 is 1.05 bits per heavy atom. The van der Waals surface area contributed by atoms with Gasteiger partial charge in [0.25, 0.3) is 0 Å². The van der Waals surface area contributed by atoms with E-state index in [1.165, 1.54) is 6.42 Å². The maximum absolute atomic E-state index is 11.9. The lowest BCUT2D eigenvalue weighted by Gasteiger charge is -2.26. The number of hydrogen-bond donors (Lipinski definition) is 1. The quantitative estimate of drug-likeness (QED) is 0.527. The van der Waals surface area contributed by atoms with Gasteiger partial charge in [0.05, 0.1) is 6.61 Å².